The van der Waals surface area contributed by atoms with E-state index in [9.17, 15) is 14.7 Å². The number of hydrogen-bond acceptors (Lipinski definition) is 5. The number of halogens is 1. The number of carbonyl (C=O) groups is 2. The molecule has 0 spiro atoms. The first-order valence-corrected chi connectivity index (χ1v) is 9.88. The number of methoxy groups -OCH3 is 1. The van der Waals surface area contributed by atoms with E-state index in [4.69, 9.17) is 16.3 Å². The number of aliphatic hydroxyl groups is 1. The summed E-state index contributed by atoms with van der Waals surface area (Å²) in [6, 6.07) is 7.28. The van der Waals surface area contributed by atoms with Gasteiger partial charge in [0.1, 0.15) is 13.2 Å². The molecule has 1 saturated heterocycles. The second-order valence-electron chi connectivity index (χ2n) is 6.69. The lowest BCUT2D eigenvalue weighted by Crippen LogP contribution is -2.42. The molecular formula is C22H26ClNO5. The molecule has 1 aliphatic heterocycles. The SMILES string of the molecule is COC(=O)COCC#CCN1C(=O)CCCC1C=C[C@H](O)Cc1cccc(Cl)c1. The molecule has 1 fully saturated rings. The number of ether oxygens (including phenoxy) is 2. The molecule has 0 saturated carbocycles. The van der Waals surface area contributed by atoms with Crippen molar-refractivity contribution in [2.24, 2.45) is 0 Å². The van der Waals surface area contributed by atoms with Crippen molar-refractivity contribution in [2.75, 3.05) is 26.9 Å². The zero-order valence-corrected chi connectivity index (χ0v) is 17.2. The van der Waals surface area contributed by atoms with Crippen LogP contribution in [0.25, 0.3) is 0 Å². The fourth-order valence-corrected chi connectivity index (χ4v) is 3.23. The molecule has 0 aliphatic carbocycles. The monoisotopic (exact) mass is 419 g/mol. The number of amides is 1. The quantitative estimate of drug-likeness (QED) is 0.303. The number of hydrogen-bond donors (Lipinski definition) is 1. The lowest BCUT2D eigenvalue weighted by Gasteiger charge is -2.32. The number of rotatable bonds is 8. The smallest absolute Gasteiger partial charge is 0.331 e. The summed E-state index contributed by atoms with van der Waals surface area (Å²) < 4.78 is 9.54. The molecule has 1 aliphatic rings. The fourth-order valence-electron chi connectivity index (χ4n) is 3.02. The van der Waals surface area contributed by atoms with Crippen molar-refractivity contribution in [1.29, 1.82) is 0 Å². The van der Waals surface area contributed by atoms with Crippen LogP contribution in [0.5, 0.6) is 0 Å². The van der Waals surface area contributed by atoms with Gasteiger partial charge in [0, 0.05) is 17.9 Å². The minimum absolute atomic E-state index is 0.0417. The van der Waals surface area contributed by atoms with E-state index in [1.165, 1.54) is 7.11 Å². The minimum atomic E-state index is -0.662. The van der Waals surface area contributed by atoms with E-state index in [1.54, 1.807) is 17.0 Å². The van der Waals surface area contributed by atoms with Crippen LogP contribution in [0.1, 0.15) is 24.8 Å². The van der Waals surface area contributed by atoms with Gasteiger partial charge in [-0.05, 0) is 30.5 Å². The molecule has 7 heteroatoms. The highest BCUT2D eigenvalue weighted by molar-refractivity contribution is 6.30. The Kier molecular flexibility index (Phi) is 9.72. The average molecular weight is 420 g/mol. The topological polar surface area (TPSA) is 76.1 Å². The van der Waals surface area contributed by atoms with Gasteiger partial charge in [0.25, 0.3) is 0 Å². The number of nitrogens with zero attached hydrogens (tertiary/aromatic N) is 1. The van der Waals surface area contributed by atoms with Gasteiger partial charge in [-0.3, -0.25) is 4.79 Å². The minimum Gasteiger partial charge on any atom is -0.467 e. The maximum atomic E-state index is 12.3. The van der Waals surface area contributed by atoms with E-state index in [2.05, 4.69) is 16.6 Å². The Labute approximate surface area is 176 Å². The number of likely N-dealkylation sites (tertiary alicyclic amines) is 1. The number of esters is 1. The highest BCUT2D eigenvalue weighted by Crippen LogP contribution is 2.19. The second kappa shape index (κ2) is 12.3. The van der Waals surface area contributed by atoms with Crippen molar-refractivity contribution < 1.29 is 24.2 Å². The fraction of sp³-hybridized carbons (Fsp3) is 0.455. The van der Waals surface area contributed by atoms with Crippen molar-refractivity contribution >= 4 is 23.5 Å². The molecule has 29 heavy (non-hydrogen) atoms. The number of carbonyl (C=O) groups excluding carboxylic acids is 2. The number of piperidine rings is 1. The third-order valence-corrected chi connectivity index (χ3v) is 4.73. The largest absolute Gasteiger partial charge is 0.467 e. The van der Waals surface area contributed by atoms with Crippen molar-refractivity contribution in [3.8, 4) is 11.8 Å². The van der Waals surface area contributed by atoms with Crippen LogP contribution in [-0.4, -0.2) is 60.9 Å². The molecule has 1 unspecified atom stereocenters. The van der Waals surface area contributed by atoms with Crippen LogP contribution >= 0.6 is 11.6 Å². The Bertz CT molecular complexity index is 783. The Balaban J connectivity index is 1.87. The summed E-state index contributed by atoms with van der Waals surface area (Å²) in [7, 11) is 1.29. The van der Waals surface area contributed by atoms with Crippen LogP contribution in [0, 0.1) is 11.8 Å². The van der Waals surface area contributed by atoms with Crippen LogP contribution in [-0.2, 0) is 25.5 Å². The van der Waals surface area contributed by atoms with Gasteiger partial charge in [-0.25, -0.2) is 4.79 Å². The van der Waals surface area contributed by atoms with Gasteiger partial charge in [-0.1, -0.05) is 47.7 Å². The molecule has 0 bridgehead atoms. The molecule has 0 aromatic heterocycles. The molecule has 1 aromatic carbocycles. The maximum absolute atomic E-state index is 12.3. The third kappa shape index (κ3) is 8.28. The summed E-state index contributed by atoms with van der Waals surface area (Å²) in [4.78, 5) is 24.9. The normalized spacial score (nSPS) is 17.7. The van der Waals surface area contributed by atoms with Gasteiger partial charge < -0.3 is 19.5 Å². The maximum Gasteiger partial charge on any atom is 0.331 e. The molecule has 1 heterocycles. The van der Waals surface area contributed by atoms with Crippen LogP contribution in [0.2, 0.25) is 5.02 Å². The number of aliphatic hydroxyl groups excluding tert-OH is 1. The van der Waals surface area contributed by atoms with Crippen molar-refractivity contribution in [3.63, 3.8) is 0 Å². The molecule has 1 amide bonds. The summed E-state index contributed by atoms with van der Waals surface area (Å²) in [6.45, 7) is 0.222. The van der Waals surface area contributed by atoms with Gasteiger partial charge in [0.2, 0.25) is 5.91 Å². The lowest BCUT2D eigenvalue weighted by molar-refractivity contribution is -0.145. The van der Waals surface area contributed by atoms with E-state index in [-0.39, 0.29) is 31.7 Å². The van der Waals surface area contributed by atoms with Gasteiger partial charge in [0.05, 0.1) is 25.8 Å². The molecule has 2 atom stereocenters. The Morgan fingerprint density at radius 3 is 3.03 bits per heavy atom. The van der Waals surface area contributed by atoms with Crippen molar-refractivity contribution in [2.45, 2.75) is 37.8 Å². The highest BCUT2D eigenvalue weighted by Gasteiger charge is 2.25. The first kappa shape index (κ1) is 23.0. The average Bonchev–Trinajstić information content (AvgIpc) is 2.70. The standard InChI is InChI=1S/C22H26ClNO5/c1-28-22(27)16-29-13-3-2-12-24-19(8-5-9-21(24)26)10-11-20(25)15-17-6-4-7-18(23)14-17/h4,6-7,10-11,14,19-20,25H,5,8-9,12-13,15-16H2,1H3/t19?,20-/m0/s1. The van der Waals surface area contributed by atoms with Crippen LogP contribution < -0.4 is 0 Å². The Hall–Kier alpha value is -2.33. The van der Waals surface area contributed by atoms with E-state index in [0.717, 1.165) is 18.4 Å². The highest BCUT2D eigenvalue weighted by atomic mass is 35.5. The van der Waals surface area contributed by atoms with Gasteiger partial charge in [0.15, 0.2) is 0 Å². The van der Waals surface area contributed by atoms with Gasteiger partial charge >= 0.3 is 5.97 Å². The van der Waals surface area contributed by atoms with E-state index >= 15 is 0 Å². The van der Waals surface area contributed by atoms with E-state index < -0.39 is 12.1 Å². The summed E-state index contributed by atoms with van der Waals surface area (Å²) in [5, 5.41) is 10.9. The van der Waals surface area contributed by atoms with E-state index in [1.807, 2.05) is 24.3 Å². The third-order valence-electron chi connectivity index (χ3n) is 4.50. The molecule has 1 N–H and O–H groups in total. The van der Waals surface area contributed by atoms with Crippen LogP contribution in [0.15, 0.2) is 36.4 Å². The van der Waals surface area contributed by atoms with Crippen molar-refractivity contribution in [3.05, 3.63) is 47.0 Å². The molecule has 6 nitrogen and oxygen atoms in total. The van der Waals surface area contributed by atoms with E-state index in [0.29, 0.717) is 17.9 Å². The molecule has 156 valence electrons. The number of benzene rings is 1. The van der Waals surface area contributed by atoms with Crippen LogP contribution in [0.3, 0.4) is 0 Å². The van der Waals surface area contributed by atoms with Crippen LogP contribution in [0.4, 0.5) is 0 Å². The van der Waals surface area contributed by atoms with Gasteiger partial charge in [-0.2, -0.15) is 0 Å². The summed E-state index contributed by atoms with van der Waals surface area (Å²) in [6.07, 6.45) is 5.53. The predicted molar refractivity (Wildman–Crippen MR) is 110 cm³/mol. The zero-order valence-electron chi connectivity index (χ0n) is 16.5. The molecule has 0 radical (unpaired) electrons. The summed E-state index contributed by atoms with van der Waals surface area (Å²) in [5.41, 5.74) is 0.948. The first-order chi connectivity index (χ1) is 14.0. The summed E-state index contributed by atoms with van der Waals surface area (Å²) >= 11 is 5.98. The lowest BCUT2D eigenvalue weighted by atomic mass is 9.99. The summed E-state index contributed by atoms with van der Waals surface area (Å²) in [5.74, 6) is 5.29. The second-order valence-corrected chi connectivity index (χ2v) is 7.13. The predicted octanol–water partition coefficient (Wildman–Crippen LogP) is 2.37. The zero-order chi connectivity index (χ0) is 21.1. The Morgan fingerprint density at radius 1 is 1.45 bits per heavy atom. The first-order valence-electron chi connectivity index (χ1n) is 9.50. The van der Waals surface area contributed by atoms with Gasteiger partial charge in [-0.15, -0.1) is 0 Å². The molecular weight excluding hydrogens is 394 g/mol. The molecule has 2 rings (SSSR count). The molecule has 1 aromatic rings. The Morgan fingerprint density at radius 2 is 2.28 bits per heavy atom. The van der Waals surface area contributed by atoms with Crippen molar-refractivity contribution in [1.82, 2.24) is 4.90 Å².